The Hall–Kier alpha value is -2.28. The molecule has 0 unspecified atom stereocenters. The Labute approximate surface area is 108 Å². The molecule has 2 aromatic rings. The Balaban J connectivity index is 2.36. The van der Waals surface area contributed by atoms with Crippen LogP contribution in [0.3, 0.4) is 0 Å². The highest BCUT2D eigenvalue weighted by molar-refractivity contribution is 5.68. The fourth-order valence-corrected chi connectivity index (χ4v) is 1.61. The van der Waals surface area contributed by atoms with Gasteiger partial charge in [0, 0.05) is 0 Å². The van der Waals surface area contributed by atoms with Crippen molar-refractivity contribution in [2.24, 2.45) is 0 Å². The number of nitro benzene ring substituents is 1. The predicted octanol–water partition coefficient (Wildman–Crippen LogP) is 2.50. The summed E-state index contributed by atoms with van der Waals surface area (Å²) >= 11 is 0. The lowest BCUT2D eigenvalue weighted by atomic mass is 10.1. The first-order valence-corrected chi connectivity index (χ1v) is 5.71. The second-order valence-electron chi connectivity index (χ2n) is 3.82. The van der Waals surface area contributed by atoms with E-state index in [9.17, 15) is 14.5 Å². The van der Waals surface area contributed by atoms with Crippen LogP contribution in [0.2, 0.25) is 0 Å². The van der Waals surface area contributed by atoms with E-state index in [4.69, 9.17) is 4.42 Å². The molecule has 2 rings (SSSR count). The van der Waals surface area contributed by atoms with Crippen LogP contribution in [0.15, 0.2) is 28.8 Å². The van der Waals surface area contributed by atoms with Crippen LogP contribution < -0.4 is 5.32 Å². The molecule has 0 fully saturated rings. The van der Waals surface area contributed by atoms with Crippen molar-refractivity contribution in [1.82, 2.24) is 10.3 Å². The minimum atomic E-state index is -0.664. The van der Waals surface area contributed by atoms with Gasteiger partial charge in [-0.1, -0.05) is 6.92 Å². The number of benzene rings is 1. The van der Waals surface area contributed by atoms with Crippen LogP contribution in [0.1, 0.15) is 12.8 Å². The first-order valence-electron chi connectivity index (χ1n) is 5.71. The van der Waals surface area contributed by atoms with E-state index in [1.165, 1.54) is 12.3 Å². The highest BCUT2D eigenvalue weighted by atomic mass is 19.1. The molecule has 1 heterocycles. The third-order valence-corrected chi connectivity index (χ3v) is 2.50. The Bertz CT molecular complexity index is 598. The number of nitrogens with zero attached hydrogens (tertiary/aromatic N) is 2. The average Bonchev–Trinajstić information content (AvgIpc) is 2.84. The summed E-state index contributed by atoms with van der Waals surface area (Å²) in [7, 11) is 0. The van der Waals surface area contributed by atoms with Gasteiger partial charge in [0.15, 0.2) is 5.76 Å². The number of hydrogen-bond donors (Lipinski definition) is 1. The molecule has 100 valence electrons. The summed E-state index contributed by atoms with van der Waals surface area (Å²) in [5.74, 6) is 0.0120. The minimum absolute atomic E-state index is 0.210. The van der Waals surface area contributed by atoms with Crippen LogP contribution in [0.5, 0.6) is 0 Å². The van der Waals surface area contributed by atoms with Crippen molar-refractivity contribution >= 4 is 5.69 Å². The molecule has 0 spiro atoms. The molecule has 1 aromatic carbocycles. The number of nitro groups is 1. The van der Waals surface area contributed by atoms with Crippen molar-refractivity contribution in [3.63, 3.8) is 0 Å². The van der Waals surface area contributed by atoms with Crippen LogP contribution in [0, 0.1) is 15.9 Å². The third kappa shape index (κ3) is 2.94. The lowest BCUT2D eigenvalue weighted by molar-refractivity contribution is -0.384. The first kappa shape index (κ1) is 13.2. The predicted molar refractivity (Wildman–Crippen MR) is 65.9 cm³/mol. The molecule has 0 aliphatic carbocycles. The van der Waals surface area contributed by atoms with Gasteiger partial charge in [0.2, 0.25) is 5.89 Å². The fraction of sp³-hybridized carbons (Fsp3) is 0.250. The molecular weight excluding hydrogens is 253 g/mol. The summed E-state index contributed by atoms with van der Waals surface area (Å²) < 4.78 is 18.4. The maximum atomic E-state index is 13.0. The molecule has 0 saturated heterocycles. The van der Waals surface area contributed by atoms with Gasteiger partial charge >= 0.3 is 0 Å². The van der Waals surface area contributed by atoms with Crippen LogP contribution >= 0.6 is 0 Å². The van der Waals surface area contributed by atoms with Gasteiger partial charge in [-0.3, -0.25) is 10.1 Å². The minimum Gasteiger partial charge on any atom is -0.439 e. The highest BCUT2D eigenvalue weighted by Crippen LogP contribution is 2.30. The smallest absolute Gasteiger partial charge is 0.283 e. The summed E-state index contributed by atoms with van der Waals surface area (Å²) in [6.07, 6.45) is 1.40. The van der Waals surface area contributed by atoms with E-state index in [2.05, 4.69) is 10.3 Å². The molecule has 0 amide bonds. The Morgan fingerprint density at radius 1 is 1.53 bits per heavy atom. The molecule has 0 aliphatic heterocycles. The van der Waals surface area contributed by atoms with Crippen LogP contribution in [-0.2, 0) is 6.54 Å². The number of hydrogen-bond acceptors (Lipinski definition) is 5. The lowest BCUT2D eigenvalue weighted by Gasteiger charge is -1.99. The van der Waals surface area contributed by atoms with Gasteiger partial charge in [-0.15, -0.1) is 0 Å². The molecule has 0 saturated carbocycles. The Kier molecular flexibility index (Phi) is 3.86. The van der Waals surface area contributed by atoms with Gasteiger partial charge in [-0.05, 0) is 18.7 Å². The summed E-state index contributed by atoms with van der Waals surface area (Å²) in [6.45, 7) is 3.13. The monoisotopic (exact) mass is 265 g/mol. The van der Waals surface area contributed by atoms with Gasteiger partial charge in [-0.25, -0.2) is 9.37 Å². The van der Waals surface area contributed by atoms with E-state index in [0.29, 0.717) is 12.4 Å². The van der Waals surface area contributed by atoms with E-state index < -0.39 is 10.7 Å². The second-order valence-corrected chi connectivity index (χ2v) is 3.82. The number of aromatic nitrogens is 1. The summed E-state index contributed by atoms with van der Waals surface area (Å²) in [6, 6.07) is 3.32. The van der Waals surface area contributed by atoms with Crippen molar-refractivity contribution < 1.29 is 13.7 Å². The van der Waals surface area contributed by atoms with E-state index >= 15 is 0 Å². The van der Waals surface area contributed by atoms with Gasteiger partial charge in [-0.2, -0.15) is 0 Å². The number of oxazole rings is 1. The molecule has 1 N–H and O–H groups in total. The maximum absolute atomic E-state index is 13.0. The van der Waals surface area contributed by atoms with Crippen molar-refractivity contribution in [3.05, 3.63) is 46.2 Å². The summed E-state index contributed by atoms with van der Waals surface area (Å²) in [4.78, 5) is 14.3. The van der Waals surface area contributed by atoms with Crippen molar-refractivity contribution in [3.8, 4) is 11.3 Å². The summed E-state index contributed by atoms with van der Waals surface area (Å²) in [5, 5.41) is 13.9. The van der Waals surface area contributed by atoms with Crippen LogP contribution in [0.4, 0.5) is 10.1 Å². The first-order chi connectivity index (χ1) is 9.11. The van der Waals surface area contributed by atoms with E-state index in [1.807, 2.05) is 6.92 Å². The lowest BCUT2D eigenvalue weighted by Crippen LogP contribution is -2.11. The molecular formula is C12H12FN3O3. The normalized spacial score (nSPS) is 10.6. The highest BCUT2D eigenvalue weighted by Gasteiger charge is 2.19. The SMILES string of the molecule is CCNCc1ncc(-c2ccc(F)cc2[N+](=O)[O-])o1. The zero-order chi connectivity index (χ0) is 13.8. The number of rotatable bonds is 5. The molecule has 7 heteroatoms. The summed E-state index contributed by atoms with van der Waals surface area (Å²) in [5.41, 5.74) is -0.132. The topological polar surface area (TPSA) is 81.2 Å². The molecule has 0 atom stereocenters. The van der Waals surface area contributed by atoms with Gasteiger partial charge in [0.05, 0.1) is 29.3 Å². The standard InChI is InChI=1S/C12H12FN3O3/c1-2-14-7-12-15-6-11(19-12)9-4-3-8(13)5-10(9)16(17)18/h3-6,14H,2,7H2,1H3. The zero-order valence-electron chi connectivity index (χ0n) is 10.2. The Morgan fingerprint density at radius 3 is 3.00 bits per heavy atom. The number of halogens is 1. The molecule has 6 nitrogen and oxygen atoms in total. The largest absolute Gasteiger partial charge is 0.439 e. The van der Waals surface area contributed by atoms with Crippen LogP contribution in [-0.4, -0.2) is 16.5 Å². The fourth-order valence-electron chi connectivity index (χ4n) is 1.61. The van der Waals surface area contributed by atoms with Crippen molar-refractivity contribution in [2.75, 3.05) is 6.54 Å². The van der Waals surface area contributed by atoms with Gasteiger partial charge in [0.25, 0.3) is 5.69 Å². The molecule has 0 bridgehead atoms. The van der Waals surface area contributed by atoms with Crippen LogP contribution in [0.25, 0.3) is 11.3 Å². The van der Waals surface area contributed by atoms with E-state index in [1.54, 1.807) is 0 Å². The van der Waals surface area contributed by atoms with Gasteiger partial charge < -0.3 is 9.73 Å². The Morgan fingerprint density at radius 2 is 2.32 bits per heavy atom. The quantitative estimate of drug-likeness (QED) is 0.663. The van der Waals surface area contributed by atoms with Gasteiger partial charge in [0.1, 0.15) is 5.82 Å². The molecule has 1 aromatic heterocycles. The van der Waals surface area contributed by atoms with Crippen molar-refractivity contribution in [1.29, 1.82) is 0 Å². The second kappa shape index (κ2) is 5.57. The van der Waals surface area contributed by atoms with E-state index in [0.717, 1.165) is 18.7 Å². The average molecular weight is 265 g/mol. The zero-order valence-corrected chi connectivity index (χ0v) is 10.2. The third-order valence-electron chi connectivity index (χ3n) is 2.50. The molecule has 0 aliphatic rings. The molecule has 0 radical (unpaired) electrons. The molecule has 19 heavy (non-hydrogen) atoms. The number of nitrogens with one attached hydrogen (secondary N) is 1. The van der Waals surface area contributed by atoms with Crippen molar-refractivity contribution in [2.45, 2.75) is 13.5 Å². The maximum Gasteiger partial charge on any atom is 0.283 e. The van der Waals surface area contributed by atoms with E-state index in [-0.39, 0.29) is 17.0 Å².